The number of benzene rings is 2. The minimum atomic E-state index is -0.507. The molecule has 126 valence electrons. The molecule has 0 fully saturated rings. The Morgan fingerprint density at radius 2 is 1.67 bits per heavy atom. The molecule has 0 saturated heterocycles. The van der Waals surface area contributed by atoms with Crippen molar-refractivity contribution in [2.75, 3.05) is 0 Å². The van der Waals surface area contributed by atoms with Gasteiger partial charge in [-0.05, 0) is 52.3 Å². The van der Waals surface area contributed by atoms with E-state index in [1.807, 2.05) is 0 Å². The van der Waals surface area contributed by atoms with Crippen molar-refractivity contribution in [3.05, 3.63) is 64.7 Å². The molecular weight excluding hydrogens is 292 g/mol. The summed E-state index contributed by atoms with van der Waals surface area (Å²) in [6.07, 6.45) is 1.82. The molecule has 1 heteroatoms. The lowest BCUT2D eigenvalue weighted by Crippen LogP contribution is -2.20. The Labute approximate surface area is 145 Å². The number of hydrogen-bond donors (Lipinski definition) is 1. The van der Waals surface area contributed by atoms with Crippen molar-refractivity contribution in [1.82, 2.24) is 0 Å². The molecule has 0 radical (unpaired) electrons. The van der Waals surface area contributed by atoms with Crippen LogP contribution in [-0.4, -0.2) is 5.11 Å². The van der Waals surface area contributed by atoms with Gasteiger partial charge in [0, 0.05) is 5.92 Å². The van der Waals surface area contributed by atoms with Crippen LogP contribution >= 0.6 is 0 Å². The summed E-state index contributed by atoms with van der Waals surface area (Å²) in [5.41, 5.74) is 6.12. The molecule has 2 atom stereocenters. The second kappa shape index (κ2) is 5.89. The normalized spacial score (nSPS) is 19.8. The monoisotopic (exact) mass is 320 g/mol. The second-order valence-corrected chi connectivity index (χ2v) is 8.19. The van der Waals surface area contributed by atoms with Crippen LogP contribution in [0.5, 0.6) is 0 Å². The van der Waals surface area contributed by atoms with Gasteiger partial charge < -0.3 is 5.11 Å². The first-order chi connectivity index (χ1) is 11.2. The van der Waals surface area contributed by atoms with Gasteiger partial charge in [-0.25, -0.2) is 0 Å². The molecule has 0 bridgehead atoms. The summed E-state index contributed by atoms with van der Waals surface area (Å²) in [6, 6.07) is 12.8. The highest BCUT2D eigenvalue weighted by Crippen LogP contribution is 2.45. The maximum Gasteiger partial charge on any atom is 0.0850 e. The Bertz CT molecular complexity index is 846. The summed E-state index contributed by atoms with van der Waals surface area (Å²) >= 11 is 0. The molecule has 2 aromatic carbocycles. The molecule has 0 saturated carbocycles. The van der Waals surface area contributed by atoms with Crippen LogP contribution in [0.4, 0.5) is 0 Å². The standard InChI is InChI=1S/C23H28O/c1-14-13-15(2)20(16(14)3)19-12-11-17-9-7-8-10-18(17)21(19)22(24)23(4,5)6/h7-13,15,22,24H,1-6H3. The van der Waals surface area contributed by atoms with E-state index in [1.54, 1.807) is 0 Å². The number of aliphatic hydroxyl groups is 1. The molecule has 1 nitrogen and oxygen atoms in total. The van der Waals surface area contributed by atoms with Crippen molar-refractivity contribution in [2.24, 2.45) is 11.3 Å². The van der Waals surface area contributed by atoms with Gasteiger partial charge in [-0.15, -0.1) is 0 Å². The summed E-state index contributed by atoms with van der Waals surface area (Å²) in [5.74, 6) is 0.386. The molecule has 2 unspecified atom stereocenters. The molecule has 0 spiro atoms. The van der Waals surface area contributed by atoms with Gasteiger partial charge >= 0.3 is 0 Å². The lowest BCUT2D eigenvalue weighted by atomic mass is 9.78. The van der Waals surface area contributed by atoms with E-state index in [4.69, 9.17) is 0 Å². The zero-order valence-electron chi connectivity index (χ0n) is 15.6. The maximum absolute atomic E-state index is 11.2. The van der Waals surface area contributed by atoms with Gasteiger partial charge in [-0.1, -0.05) is 75.7 Å². The van der Waals surface area contributed by atoms with Crippen LogP contribution in [0.1, 0.15) is 58.8 Å². The topological polar surface area (TPSA) is 20.2 Å². The van der Waals surface area contributed by atoms with Crippen LogP contribution in [0.25, 0.3) is 16.3 Å². The van der Waals surface area contributed by atoms with E-state index < -0.39 is 6.10 Å². The first kappa shape index (κ1) is 17.0. The second-order valence-electron chi connectivity index (χ2n) is 8.19. The molecule has 0 aliphatic heterocycles. The molecule has 24 heavy (non-hydrogen) atoms. The molecule has 0 amide bonds. The third-order valence-electron chi connectivity index (χ3n) is 5.31. The van der Waals surface area contributed by atoms with Crippen LogP contribution < -0.4 is 0 Å². The Morgan fingerprint density at radius 3 is 2.25 bits per heavy atom. The van der Waals surface area contributed by atoms with Gasteiger partial charge in [0.1, 0.15) is 0 Å². The zero-order valence-corrected chi connectivity index (χ0v) is 15.6. The number of allylic oxidation sites excluding steroid dienone is 4. The SMILES string of the molecule is CC1=CC(C)C(c2ccc3ccccc3c2C(O)C(C)(C)C)=C1C. The fraction of sp³-hybridized carbons (Fsp3) is 0.391. The van der Waals surface area contributed by atoms with E-state index in [-0.39, 0.29) is 5.41 Å². The molecule has 1 aliphatic carbocycles. The highest BCUT2D eigenvalue weighted by molar-refractivity contribution is 5.93. The predicted molar refractivity (Wildman–Crippen MR) is 104 cm³/mol. The van der Waals surface area contributed by atoms with E-state index in [0.717, 1.165) is 10.9 Å². The van der Waals surface area contributed by atoms with Crippen LogP contribution in [0.15, 0.2) is 53.6 Å². The first-order valence-electron chi connectivity index (χ1n) is 8.81. The summed E-state index contributed by atoms with van der Waals surface area (Å²) in [6.45, 7) is 12.9. The third-order valence-corrected chi connectivity index (χ3v) is 5.31. The maximum atomic E-state index is 11.2. The predicted octanol–water partition coefficient (Wildman–Crippen LogP) is 6.29. The Hall–Kier alpha value is -1.86. The van der Waals surface area contributed by atoms with Crippen LogP contribution in [0.3, 0.4) is 0 Å². The molecule has 0 heterocycles. The summed E-state index contributed by atoms with van der Waals surface area (Å²) in [5, 5.41) is 13.5. The number of fused-ring (bicyclic) bond motifs is 1. The van der Waals surface area contributed by atoms with Crippen LogP contribution in [0, 0.1) is 11.3 Å². The van der Waals surface area contributed by atoms with Crippen molar-refractivity contribution < 1.29 is 5.11 Å². The number of aliphatic hydroxyl groups excluding tert-OH is 1. The third kappa shape index (κ3) is 2.71. The minimum Gasteiger partial charge on any atom is -0.388 e. The van der Waals surface area contributed by atoms with Crippen molar-refractivity contribution in [1.29, 1.82) is 0 Å². The molecule has 1 N–H and O–H groups in total. The van der Waals surface area contributed by atoms with Crippen LogP contribution in [0.2, 0.25) is 0 Å². The minimum absolute atomic E-state index is 0.211. The van der Waals surface area contributed by atoms with Crippen molar-refractivity contribution >= 4 is 16.3 Å². The molecule has 1 aliphatic rings. The first-order valence-corrected chi connectivity index (χ1v) is 8.81. The van der Waals surface area contributed by atoms with Gasteiger partial charge in [0.25, 0.3) is 0 Å². The number of hydrogen-bond acceptors (Lipinski definition) is 1. The summed E-state index contributed by atoms with van der Waals surface area (Å²) in [4.78, 5) is 0. The van der Waals surface area contributed by atoms with E-state index >= 15 is 0 Å². The molecule has 2 aromatic rings. The molecular formula is C23H28O. The highest BCUT2D eigenvalue weighted by Gasteiger charge is 2.30. The summed E-state index contributed by atoms with van der Waals surface area (Å²) in [7, 11) is 0. The average molecular weight is 320 g/mol. The lowest BCUT2D eigenvalue weighted by Gasteiger charge is -2.30. The van der Waals surface area contributed by atoms with Gasteiger partial charge in [0.15, 0.2) is 0 Å². The van der Waals surface area contributed by atoms with Gasteiger partial charge in [-0.2, -0.15) is 0 Å². The fourth-order valence-corrected chi connectivity index (χ4v) is 3.84. The number of rotatable bonds is 2. The van der Waals surface area contributed by atoms with Crippen molar-refractivity contribution in [3.63, 3.8) is 0 Å². The lowest BCUT2D eigenvalue weighted by molar-refractivity contribution is 0.0637. The van der Waals surface area contributed by atoms with Gasteiger partial charge in [0.2, 0.25) is 0 Å². The van der Waals surface area contributed by atoms with E-state index in [2.05, 4.69) is 84.0 Å². The Balaban J connectivity index is 2.34. The van der Waals surface area contributed by atoms with Crippen molar-refractivity contribution in [3.8, 4) is 0 Å². The van der Waals surface area contributed by atoms with E-state index in [0.29, 0.717) is 5.92 Å². The van der Waals surface area contributed by atoms with Gasteiger partial charge in [0.05, 0.1) is 6.10 Å². The zero-order chi connectivity index (χ0) is 17.6. The smallest absolute Gasteiger partial charge is 0.0850 e. The quantitative estimate of drug-likeness (QED) is 0.689. The molecule has 0 aromatic heterocycles. The van der Waals surface area contributed by atoms with Crippen molar-refractivity contribution in [2.45, 2.75) is 47.6 Å². The van der Waals surface area contributed by atoms with E-state index in [9.17, 15) is 5.11 Å². The average Bonchev–Trinajstić information content (AvgIpc) is 2.77. The van der Waals surface area contributed by atoms with E-state index in [1.165, 1.54) is 27.7 Å². The largest absolute Gasteiger partial charge is 0.388 e. The highest BCUT2D eigenvalue weighted by atomic mass is 16.3. The van der Waals surface area contributed by atoms with Crippen LogP contribution in [-0.2, 0) is 0 Å². The Morgan fingerprint density at radius 1 is 1.00 bits per heavy atom. The fourth-order valence-electron chi connectivity index (χ4n) is 3.84. The summed E-state index contributed by atoms with van der Waals surface area (Å²) < 4.78 is 0. The Kier molecular flexibility index (Phi) is 4.17. The van der Waals surface area contributed by atoms with Gasteiger partial charge in [-0.3, -0.25) is 0 Å². The molecule has 3 rings (SSSR count).